The lowest BCUT2D eigenvalue weighted by Gasteiger charge is -2.51. The SMILES string of the molecule is CCOc1ccc(C2(C(=O)OCc3cccc(Oc4ccc(OC)cc4)c3)CC(F)(F)C2(F)F)cc1. The van der Waals surface area contributed by atoms with Gasteiger partial charge in [-0.1, -0.05) is 24.3 Å². The molecule has 0 N–H and O–H groups in total. The third-order valence-corrected chi connectivity index (χ3v) is 6.05. The molecule has 3 aromatic rings. The molecule has 1 fully saturated rings. The average Bonchev–Trinajstić information content (AvgIpc) is 2.87. The molecule has 3 aromatic carbocycles. The first-order chi connectivity index (χ1) is 17.1. The van der Waals surface area contributed by atoms with Crippen LogP contribution in [0, 0.1) is 0 Å². The standard InChI is InChI=1S/C27H24F4O5/c1-3-34-21-9-7-19(8-10-21)25(17-26(28,29)27(25,30)31)24(32)35-16-18-5-4-6-23(15-18)36-22-13-11-20(33-2)12-14-22/h4-15H,3,16-17H2,1-2H3. The Bertz CT molecular complexity index is 1210. The molecule has 0 saturated heterocycles. The number of benzene rings is 3. The van der Waals surface area contributed by atoms with Crippen LogP contribution in [0.4, 0.5) is 17.6 Å². The molecule has 0 spiro atoms. The Kier molecular flexibility index (Phi) is 6.84. The van der Waals surface area contributed by atoms with E-state index in [1.54, 1.807) is 62.6 Å². The molecule has 0 radical (unpaired) electrons. The van der Waals surface area contributed by atoms with Crippen molar-refractivity contribution < 1.29 is 41.3 Å². The van der Waals surface area contributed by atoms with Crippen molar-refractivity contribution in [3.8, 4) is 23.0 Å². The third kappa shape index (κ3) is 4.45. The van der Waals surface area contributed by atoms with Gasteiger partial charge in [-0.05, 0) is 66.6 Å². The second-order valence-electron chi connectivity index (χ2n) is 8.32. The highest BCUT2D eigenvalue weighted by molar-refractivity contribution is 5.87. The summed E-state index contributed by atoms with van der Waals surface area (Å²) in [5.41, 5.74) is -2.63. The van der Waals surface area contributed by atoms with Crippen LogP contribution < -0.4 is 14.2 Å². The monoisotopic (exact) mass is 504 g/mol. The molecule has 1 aliphatic rings. The minimum Gasteiger partial charge on any atom is -0.497 e. The molecule has 36 heavy (non-hydrogen) atoms. The lowest BCUT2D eigenvalue weighted by Crippen LogP contribution is -2.72. The van der Waals surface area contributed by atoms with E-state index in [0.717, 1.165) is 0 Å². The minimum absolute atomic E-state index is 0.261. The van der Waals surface area contributed by atoms with E-state index in [4.69, 9.17) is 18.9 Å². The molecule has 0 heterocycles. The predicted molar refractivity (Wildman–Crippen MR) is 123 cm³/mol. The van der Waals surface area contributed by atoms with Gasteiger partial charge in [-0.15, -0.1) is 0 Å². The van der Waals surface area contributed by atoms with Crippen LogP contribution in [-0.4, -0.2) is 31.5 Å². The number of alkyl halides is 4. The van der Waals surface area contributed by atoms with E-state index in [1.807, 2.05) is 0 Å². The van der Waals surface area contributed by atoms with E-state index in [1.165, 1.54) is 24.3 Å². The zero-order valence-corrected chi connectivity index (χ0v) is 19.6. The molecule has 0 amide bonds. The second kappa shape index (κ2) is 9.72. The fraction of sp³-hybridized carbons (Fsp3) is 0.296. The van der Waals surface area contributed by atoms with Gasteiger partial charge in [0.05, 0.1) is 13.7 Å². The molecule has 4 rings (SSSR count). The zero-order valence-electron chi connectivity index (χ0n) is 19.6. The molecule has 9 heteroatoms. The summed E-state index contributed by atoms with van der Waals surface area (Å²) in [7, 11) is 1.54. The van der Waals surface area contributed by atoms with Crippen LogP contribution in [0.3, 0.4) is 0 Å². The van der Waals surface area contributed by atoms with Gasteiger partial charge in [0.25, 0.3) is 0 Å². The second-order valence-corrected chi connectivity index (χ2v) is 8.32. The molecule has 190 valence electrons. The van der Waals surface area contributed by atoms with Gasteiger partial charge in [0.2, 0.25) is 0 Å². The van der Waals surface area contributed by atoms with Crippen LogP contribution in [0.15, 0.2) is 72.8 Å². The van der Waals surface area contributed by atoms with Crippen molar-refractivity contribution in [3.05, 3.63) is 83.9 Å². The Morgan fingerprint density at radius 3 is 2.08 bits per heavy atom. The van der Waals surface area contributed by atoms with Crippen molar-refractivity contribution in [1.29, 1.82) is 0 Å². The van der Waals surface area contributed by atoms with Gasteiger partial charge in [-0.2, -0.15) is 17.6 Å². The molecule has 0 aromatic heterocycles. The smallest absolute Gasteiger partial charge is 0.330 e. The number of hydrogen-bond acceptors (Lipinski definition) is 5. The Morgan fingerprint density at radius 1 is 0.861 bits per heavy atom. The topological polar surface area (TPSA) is 54.0 Å². The van der Waals surface area contributed by atoms with Gasteiger partial charge in [0.15, 0.2) is 5.41 Å². The quantitative estimate of drug-likeness (QED) is 0.245. The van der Waals surface area contributed by atoms with Crippen molar-refractivity contribution in [2.24, 2.45) is 0 Å². The summed E-state index contributed by atoms with van der Waals surface area (Å²) in [4.78, 5) is 13.0. The van der Waals surface area contributed by atoms with Gasteiger partial charge in [-0.25, -0.2) is 0 Å². The zero-order chi connectivity index (χ0) is 26.0. The number of ether oxygens (including phenoxy) is 4. The van der Waals surface area contributed by atoms with E-state index in [2.05, 4.69) is 0 Å². The average molecular weight is 504 g/mol. The van der Waals surface area contributed by atoms with Gasteiger partial charge >= 0.3 is 17.8 Å². The lowest BCUT2D eigenvalue weighted by molar-refractivity contribution is -0.323. The Labute approximate surface area is 205 Å². The Hall–Kier alpha value is -3.75. The van der Waals surface area contributed by atoms with Crippen LogP contribution in [-0.2, 0) is 21.6 Å². The lowest BCUT2D eigenvalue weighted by atomic mass is 9.58. The summed E-state index contributed by atoms with van der Waals surface area (Å²) in [5, 5.41) is 0. The first-order valence-electron chi connectivity index (χ1n) is 11.2. The van der Waals surface area contributed by atoms with Crippen LogP contribution in [0.1, 0.15) is 24.5 Å². The number of methoxy groups -OCH3 is 1. The van der Waals surface area contributed by atoms with Crippen molar-refractivity contribution in [2.75, 3.05) is 13.7 Å². The highest BCUT2D eigenvalue weighted by Crippen LogP contribution is 2.64. The Balaban J connectivity index is 1.51. The maximum absolute atomic E-state index is 14.8. The van der Waals surface area contributed by atoms with Gasteiger partial charge in [-0.3, -0.25) is 4.79 Å². The molecule has 0 bridgehead atoms. The fourth-order valence-electron chi connectivity index (χ4n) is 4.12. The predicted octanol–water partition coefficient (Wildman–Crippen LogP) is 6.54. The summed E-state index contributed by atoms with van der Waals surface area (Å²) >= 11 is 0. The van der Waals surface area contributed by atoms with Crippen LogP contribution in [0.25, 0.3) is 0 Å². The summed E-state index contributed by atoms with van der Waals surface area (Å²) < 4.78 is 78.7. The number of halogens is 4. The highest BCUT2D eigenvalue weighted by atomic mass is 19.3. The number of carbonyl (C=O) groups excluding carboxylic acids is 1. The van der Waals surface area contributed by atoms with Gasteiger partial charge < -0.3 is 18.9 Å². The number of esters is 1. The number of hydrogen-bond donors (Lipinski definition) is 0. The fourth-order valence-corrected chi connectivity index (χ4v) is 4.12. The maximum atomic E-state index is 14.8. The number of rotatable bonds is 9. The molecular weight excluding hydrogens is 480 g/mol. The molecular formula is C27H24F4O5. The van der Waals surface area contributed by atoms with Crippen LogP contribution >= 0.6 is 0 Å². The minimum atomic E-state index is -4.62. The van der Waals surface area contributed by atoms with E-state index in [9.17, 15) is 22.4 Å². The normalized spacial score (nSPS) is 19.6. The van der Waals surface area contributed by atoms with Gasteiger partial charge in [0.1, 0.15) is 29.6 Å². The third-order valence-electron chi connectivity index (χ3n) is 6.05. The Morgan fingerprint density at radius 2 is 1.50 bits per heavy atom. The summed E-state index contributed by atoms with van der Waals surface area (Å²) in [5.74, 6) is -8.42. The maximum Gasteiger partial charge on any atom is 0.330 e. The largest absolute Gasteiger partial charge is 0.497 e. The molecule has 0 aliphatic heterocycles. The van der Waals surface area contributed by atoms with E-state index >= 15 is 0 Å². The van der Waals surface area contributed by atoms with E-state index < -0.39 is 36.3 Å². The first-order valence-corrected chi connectivity index (χ1v) is 11.2. The van der Waals surface area contributed by atoms with Crippen molar-refractivity contribution in [3.63, 3.8) is 0 Å². The first kappa shape index (κ1) is 25.3. The van der Waals surface area contributed by atoms with E-state index in [0.29, 0.717) is 35.2 Å². The molecule has 1 saturated carbocycles. The van der Waals surface area contributed by atoms with Crippen molar-refractivity contribution in [1.82, 2.24) is 0 Å². The molecule has 1 aliphatic carbocycles. The van der Waals surface area contributed by atoms with Crippen molar-refractivity contribution >= 4 is 5.97 Å². The van der Waals surface area contributed by atoms with Gasteiger partial charge in [0, 0.05) is 6.42 Å². The summed E-state index contributed by atoms with van der Waals surface area (Å²) in [6.45, 7) is 1.67. The summed E-state index contributed by atoms with van der Waals surface area (Å²) in [6.07, 6.45) is -1.36. The molecule has 1 unspecified atom stereocenters. The summed E-state index contributed by atoms with van der Waals surface area (Å²) in [6, 6.07) is 18.4. The molecule has 5 nitrogen and oxygen atoms in total. The van der Waals surface area contributed by atoms with Crippen LogP contribution in [0.2, 0.25) is 0 Å². The van der Waals surface area contributed by atoms with Crippen molar-refractivity contribution in [2.45, 2.75) is 37.2 Å². The highest BCUT2D eigenvalue weighted by Gasteiger charge is 2.84. The van der Waals surface area contributed by atoms with Crippen LogP contribution in [0.5, 0.6) is 23.0 Å². The number of carbonyl (C=O) groups is 1. The van der Waals surface area contributed by atoms with E-state index in [-0.39, 0.29) is 5.56 Å². The molecule has 1 atom stereocenters.